The number of rotatable bonds is 13. The average Bonchev–Trinajstić information content (AvgIpc) is 2.71. The van der Waals surface area contributed by atoms with Gasteiger partial charge >= 0.3 is 0 Å². The van der Waals surface area contributed by atoms with Crippen molar-refractivity contribution in [3.8, 4) is 11.3 Å². The van der Waals surface area contributed by atoms with Crippen molar-refractivity contribution in [1.29, 1.82) is 0 Å². The lowest BCUT2D eigenvalue weighted by atomic mass is 10.1. The van der Waals surface area contributed by atoms with Crippen LogP contribution in [0, 0.1) is 0 Å². The van der Waals surface area contributed by atoms with Gasteiger partial charge in [-0.15, -0.1) is 0 Å². The molecule has 0 radical (unpaired) electrons. The van der Waals surface area contributed by atoms with Crippen LogP contribution in [0.2, 0.25) is 0 Å². The molecule has 5 heteroatoms. The monoisotopic (exact) mass is 370 g/mol. The van der Waals surface area contributed by atoms with Gasteiger partial charge < -0.3 is 15.3 Å². The average molecular weight is 371 g/mol. The van der Waals surface area contributed by atoms with E-state index in [2.05, 4.69) is 41.2 Å². The zero-order chi connectivity index (χ0) is 19.3. The third kappa shape index (κ3) is 7.18. The predicted molar refractivity (Wildman–Crippen MR) is 114 cm³/mol. The summed E-state index contributed by atoms with van der Waals surface area (Å²) in [7, 11) is 0. The molecule has 0 saturated heterocycles. The van der Waals surface area contributed by atoms with E-state index < -0.39 is 0 Å². The number of aliphatic hydroxyl groups is 1. The van der Waals surface area contributed by atoms with E-state index in [9.17, 15) is 5.11 Å². The minimum absolute atomic E-state index is 0.110. The number of hydrogen-bond acceptors (Lipinski definition) is 5. The fraction of sp³-hybridized carbons (Fsp3) is 0.545. The van der Waals surface area contributed by atoms with Crippen molar-refractivity contribution in [2.24, 2.45) is 0 Å². The third-order valence-corrected chi connectivity index (χ3v) is 4.67. The van der Waals surface area contributed by atoms with Gasteiger partial charge in [0.05, 0.1) is 12.3 Å². The number of aliphatic hydroxyl groups excluding tert-OH is 1. The molecule has 0 fully saturated rings. The van der Waals surface area contributed by atoms with Gasteiger partial charge in [0.1, 0.15) is 5.82 Å². The minimum Gasteiger partial charge on any atom is -0.395 e. The van der Waals surface area contributed by atoms with Gasteiger partial charge in [-0.3, -0.25) is 0 Å². The Morgan fingerprint density at radius 1 is 0.963 bits per heavy atom. The molecule has 27 heavy (non-hydrogen) atoms. The molecule has 1 aromatic heterocycles. The molecule has 148 valence electrons. The number of benzene rings is 1. The van der Waals surface area contributed by atoms with Crippen LogP contribution in [0.1, 0.15) is 52.4 Å². The quantitative estimate of drug-likeness (QED) is 0.499. The van der Waals surface area contributed by atoms with Crippen LogP contribution in [0.25, 0.3) is 11.3 Å². The van der Waals surface area contributed by atoms with Gasteiger partial charge in [0, 0.05) is 31.3 Å². The normalized spacial score (nSPS) is 10.8. The summed E-state index contributed by atoms with van der Waals surface area (Å²) in [6.45, 7) is 6.67. The van der Waals surface area contributed by atoms with Gasteiger partial charge in [0.2, 0.25) is 5.95 Å². The molecule has 0 bridgehead atoms. The third-order valence-electron chi connectivity index (χ3n) is 4.67. The van der Waals surface area contributed by atoms with Crippen LogP contribution < -0.4 is 10.2 Å². The summed E-state index contributed by atoms with van der Waals surface area (Å²) in [5.41, 5.74) is 1.98. The van der Waals surface area contributed by atoms with Crippen LogP contribution in [0.5, 0.6) is 0 Å². The molecule has 1 aromatic carbocycles. The number of likely N-dealkylation sites (N-methyl/N-ethyl adjacent to an activating group) is 1. The van der Waals surface area contributed by atoms with Crippen LogP contribution in [0.3, 0.4) is 0 Å². The maximum Gasteiger partial charge on any atom is 0.225 e. The van der Waals surface area contributed by atoms with Crippen LogP contribution in [-0.2, 0) is 0 Å². The zero-order valence-electron chi connectivity index (χ0n) is 16.8. The van der Waals surface area contributed by atoms with Crippen molar-refractivity contribution in [3.63, 3.8) is 0 Å². The first-order valence-corrected chi connectivity index (χ1v) is 10.3. The topological polar surface area (TPSA) is 61.3 Å². The Labute approximate surface area is 163 Å². The molecule has 2 aromatic rings. The van der Waals surface area contributed by atoms with Crippen LogP contribution in [0.15, 0.2) is 36.4 Å². The number of nitrogens with one attached hydrogen (secondary N) is 1. The standard InChI is InChI=1S/C22H34N4O/c1-3-5-6-7-8-12-15-23-22-24-20(19-13-10-9-11-14-19)18-21(25-22)26(4-2)16-17-27/h9-11,13-14,18,27H,3-8,12,15-17H2,1-2H3,(H,23,24,25). The summed E-state index contributed by atoms with van der Waals surface area (Å²) in [5, 5.41) is 12.7. The first-order chi connectivity index (χ1) is 13.3. The van der Waals surface area contributed by atoms with Crippen molar-refractivity contribution < 1.29 is 5.11 Å². The molecule has 2 rings (SSSR count). The fourth-order valence-electron chi connectivity index (χ4n) is 3.09. The van der Waals surface area contributed by atoms with Crippen molar-refractivity contribution >= 4 is 11.8 Å². The Balaban J connectivity index is 2.08. The van der Waals surface area contributed by atoms with Crippen LogP contribution >= 0.6 is 0 Å². The highest BCUT2D eigenvalue weighted by atomic mass is 16.3. The molecule has 0 spiro atoms. The second-order valence-corrected chi connectivity index (χ2v) is 6.80. The lowest BCUT2D eigenvalue weighted by Crippen LogP contribution is -2.27. The first kappa shape index (κ1) is 21.2. The lowest BCUT2D eigenvalue weighted by Gasteiger charge is -2.22. The highest BCUT2D eigenvalue weighted by molar-refractivity contribution is 5.64. The maximum absolute atomic E-state index is 9.35. The largest absolute Gasteiger partial charge is 0.395 e. The van der Waals surface area contributed by atoms with Gasteiger partial charge in [0.25, 0.3) is 0 Å². The Hall–Kier alpha value is -2.14. The zero-order valence-corrected chi connectivity index (χ0v) is 16.8. The van der Waals surface area contributed by atoms with Crippen LogP contribution in [-0.4, -0.2) is 41.3 Å². The fourth-order valence-corrected chi connectivity index (χ4v) is 3.09. The van der Waals surface area contributed by atoms with E-state index in [0.29, 0.717) is 12.5 Å². The molecular formula is C22H34N4O. The Bertz CT molecular complexity index is 648. The molecule has 0 aliphatic heterocycles. The van der Waals surface area contributed by atoms with E-state index in [0.717, 1.165) is 36.6 Å². The van der Waals surface area contributed by atoms with Gasteiger partial charge in [-0.25, -0.2) is 4.98 Å². The summed E-state index contributed by atoms with van der Waals surface area (Å²) >= 11 is 0. The smallest absolute Gasteiger partial charge is 0.225 e. The summed E-state index contributed by atoms with van der Waals surface area (Å²) in [6.07, 6.45) is 7.61. The summed E-state index contributed by atoms with van der Waals surface area (Å²) in [5.74, 6) is 1.52. The van der Waals surface area contributed by atoms with Crippen molar-refractivity contribution in [1.82, 2.24) is 9.97 Å². The first-order valence-electron chi connectivity index (χ1n) is 10.3. The summed E-state index contributed by atoms with van der Waals surface area (Å²) in [4.78, 5) is 11.5. The number of aromatic nitrogens is 2. The van der Waals surface area contributed by atoms with E-state index in [-0.39, 0.29) is 6.61 Å². The Morgan fingerprint density at radius 3 is 2.41 bits per heavy atom. The molecule has 0 saturated carbocycles. The van der Waals surface area contributed by atoms with E-state index >= 15 is 0 Å². The molecule has 2 N–H and O–H groups in total. The molecule has 5 nitrogen and oxygen atoms in total. The molecule has 0 amide bonds. The van der Waals surface area contributed by atoms with E-state index in [4.69, 9.17) is 4.98 Å². The number of anilines is 2. The Kier molecular flexibility index (Phi) is 9.63. The highest BCUT2D eigenvalue weighted by Crippen LogP contribution is 2.23. The van der Waals surface area contributed by atoms with Gasteiger partial charge in [-0.1, -0.05) is 69.4 Å². The van der Waals surface area contributed by atoms with Gasteiger partial charge in [0.15, 0.2) is 0 Å². The van der Waals surface area contributed by atoms with Gasteiger partial charge in [-0.05, 0) is 13.3 Å². The maximum atomic E-state index is 9.35. The second-order valence-electron chi connectivity index (χ2n) is 6.80. The van der Waals surface area contributed by atoms with Crippen LogP contribution in [0.4, 0.5) is 11.8 Å². The summed E-state index contributed by atoms with van der Waals surface area (Å²) in [6, 6.07) is 12.2. The lowest BCUT2D eigenvalue weighted by molar-refractivity contribution is 0.302. The van der Waals surface area contributed by atoms with Crippen molar-refractivity contribution in [2.45, 2.75) is 52.4 Å². The highest BCUT2D eigenvalue weighted by Gasteiger charge is 2.11. The van der Waals surface area contributed by atoms with Gasteiger partial charge in [-0.2, -0.15) is 4.98 Å². The number of hydrogen-bond donors (Lipinski definition) is 2. The molecule has 0 aliphatic rings. The number of nitrogens with zero attached hydrogens (tertiary/aromatic N) is 3. The number of unbranched alkanes of at least 4 members (excludes halogenated alkanes) is 5. The minimum atomic E-state index is 0.110. The predicted octanol–water partition coefficient (Wildman–Crippen LogP) is 4.73. The van der Waals surface area contributed by atoms with E-state index in [1.54, 1.807) is 0 Å². The molecule has 0 atom stereocenters. The van der Waals surface area contributed by atoms with Crippen molar-refractivity contribution in [3.05, 3.63) is 36.4 Å². The van der Waals surface area contributed by atoms with Crippen molar-refractivity contribution in [2.75, 3.05) is 36.5 Å². The van der Waals surface area contributed by atoms with E-state index in [1.165, 1.54) is 32.1 Å². The molecule has 0 aliphatic carbocycles. The Morgan fingerprint density at radius 2 is 1.70 bits per heavy atom. The molecule has 0 unspecified atom stereocenters. The second kappa shape index (κ2) is 12.3. The molecule has 1 heterocycles. The van der Waals surface area contributed by atoms with E-state index in [1.807, 2.05) is 24.3 Å². The SMILES string of the molecule is CCCCCCCCNc1nc(-c2ccccc2)cc(N(CC)CCO)n1. The summed E-state index contributed by atoms with van der Waals surface area (Å²) < 4.78 is 0. The molecular weight excluding hydrogens is 336 g/mol.